The SMILES string of the molecule is COCCNC(=O)c1ccc(Cn2c(=O)c3cc(OC)c(OC)cc3n(Cc3ccc(F)cc3)c2=O)cc1. The van der Waals surface area contributed by atoms with Crippen molar-refractivity contribution in [3.63, 3.8) is 0 Å². The van der Waals surface area contributed by atoms with Crippen LogP contribution in [0, 0.1) is 5.82 Å². The third-order valence-corrected chi connectivity index (χ3v) is 6.13. The first-order valence-electron chi connectivity index (χ1n) is 11.9. The van der Waals surface area contributed by atoms with E-state index in [1.807, 2.05) is 0 Å². The average molecular weight is 522 g/mol. The monoisotopic (exact) mass is 521 g/mol. The molecule has 1 N–H and O–H groups in total. The summed E-state index contributed by atoms with van der Waals surface area (Å²) in [5, 5.41) is 3.01. The first kappa shape index (κ1) is 26.6. The number of benzene rings is 3. The molecule has 38 heavy (non-hydrogen) atoms. The zero-order valence-corrected chi connectivity index (χ0v) is 21.3. The topological polar surface area (TPSA) is 101 Å². The number of halogens is 1. The lowest BCUT2D eigenvalue weighted by Gasteiger charge is -2.17. The van der Waals surface area contributed by atoms with Crippen LogP contribution in [0.15, 0.2) is 70.3 Å². The lowest BCUT2D eigenvalue weighted by Crippen LogP contribution is -2.40. The third kappa shape index (κ3) is 5.60. The Morgan fingerprint density at radius 3 is 2.03 bits per heavy atom. The van der Waals surface area contributed by atoms with E-state index in [0.717, 1.165) is 4.57 Å². The van der Waals surface area contributed by atoms with E-state index in [9.17, 15) is 18.8 Å². The number of nitrogens with one attached hydrogen (secondary N) is 1. The van der Waals surface area contributed by atoms with Gasteiger partial charge in [-0.05, 0) is 41.5 Å². The van der Waals surface area contributed by atoms with Crippen molar-refractivity contribution in [1.29, 1.82) is 0 Å². The summed E-state index contributed by atoms with van der Waals surface area (Å²) in [5.41, 5.74) is 1.11. The van der Waals surface area contributed by atoms with Crippen molar-refractivity contribution in [2.24, 2.45) is 0 Å². The van der Waals surface area contributed by atoms with Crippen LogP contribution < -0.4 is 26.0 Å². The van der Waals surface area contributed by atoms with Crippen LogP contribution in [0.25, 0.3) is 10.9 Å². The summed E-state index contributed by atoms with van der Waals surface area (Å²) in [4.78, 5) is 39.5. The second kappa shape index (κ2) is 11.7. The van der Waals surface area contributed by atoms with Gasteiger partial charge >= 0.3 is 5.69 Å². The maximum Gasteiger partial charge on any atom is 0.332 e. The van der Waals surface area contributed by atoms with E-state index in [2.05, 4.69) is 5.32 Å². The van der Waals surface area contributed by atoms with E-state index in [1.165, 1.54) is 30.9 Å². The van der Waals surface area contributed by atoms with Gasteiger partial charge in [0.2, 0.25) is 0 Å². The highest BCUT2D eigenvalue weighted by atomic mass is 19.1. The van der Waals surface area contributed by atoms with E-state index < -0.39 is 17.1 Å². The normalized spacial score (nSPS) is 10.9. The largest absolute Gasteiger partial charge is 0.493 e. The molecule has 198 valence electrons. The fourth-order valence-electron chi connectivity index (χ4n) is 4.12. The number of amides is 1. The molecule has 0 aliphatic rings. The van der Waals surface area contributed by atoms with E-state index in [0.29, 0.717) is 46.9 Å². The number of nitrogens with zero attached hydrogens (tertiary/aromatic N) is 2. The van der Waals surface area contributed by atoms with Gasteiger partial charge < -0.3 is 19.5 Å². The Morgan fingerprint density at radius 1 is 0.842 bits per heavy atom. The first-order valence-corrected chi connectivity index (χ1v) is 11.9. The van der Waals surface area contributed by atoms with Gasteiger partial charge in [-0.15, -0.1) is 0 Å². The van der Waals surface area contributed by atoms with Crippen LogP contribution >= 0.6 is 0 Å². The molecular weight excluding hydrogens is 493 g/mol. The highest BCUT2D eigenvalue weighted by Gasteiger charge is 2.18. The van der Waals surface area contributed by atoms with Crippen LogP contribution in [0.4, 0.5) is 4.39 Å². The quantitative estimate of drug-likeness (QED) is 0.322. The molecule has 0 radical (unpaired) electrons. The van der Waals surface area contributed by atoms with Crippen LogP contribution in [0.1, 0.15) is 21.5 Å². The van der Waals surface area contributed by atoms with Crippen molar-refractivity contribution in [2.45, 2.75) is 13.1 Å². The molecule has 9 nitrogen and oxygen atoms in total. The fraction of sp³-hybridized carbons (Fsp3) is 0.250. The number of fused-ring (bicyclic) bond motifs is 1. The number of rotatable bonds is 10. The predicted molar refractivity (Wildman–Crippen MR) is 141 cm³/mol. The van der Waals surface area contributed by atoms with Crippen molar-refractivity contribution in [3.8, 4) is 11.5 Å². The summed E-state index contributed by atoms with van der Waals surface area (Å²) in [6.45, 7) is 0.865. The Hall–Kier alpha value is -4.44. The van der Waals surface area contributed by atoms with E-state index in [-0.39, 0.29) is 24.4 Å². The number of aromatic nitrogens is 2. The maximum atomic E-state index is 13.7. The molecule has 4 rings (SSSR count). The Morgan fingerprint density at radius 2 is 1.42 bits per heavy atom. The summed E-state index contributed by atoms with van der Waals surface area (Å²) >= 11 is 0. The Labute approximate surface area is 218 Å². The Bertz CT molecular complexity index is 1560. The average Bonchev–Trinajstić information content (AvgIpc) is 2.94. The van der Waals surface area contributed by atoms with Crippen molar-refractivity contribution >= 4 is 16.8 Å². The van der Waals surface area contributed by atoms with Crippen LogP contribution in [-0.4, -0.2) is 49.5 Å². The number of carbonyl (C=O) groups excluding carboxylic acids is 1. The molecule has 4 aromatic rings. The van der Waals surface area contributed by atoms with Crippen molar-refractivity contribution in [1.82, 2.24) is 14.5 Å². The van der Waals surface area contributed by atoms with E-state index in [1.54, 1.807) is 55.6 Å². The van der Waals surface area contributed by atoms with Gasteiger partial charge in [-0.3, -0.25) is 18.7 Å². The van der Waals surface area contributed by atoms with Gasteiger partial charge in [0.1, 0.15) is 5.82 Å². The Balaban J connectivity index is 1.78. The molecule has 0 fully saturated rings. The molecule has 1 amide bonds. The smallest absolute Gasteiger partial charge is 0.332 e. The maximum absolute atomic E-state index is 13.7. The van der Waals surface area contributed by atoms with Gasteiger partial charge in [0.25, 0.3) is 11.5 Å². The fourth-order valence-corrected chi connectivity index (χ4v) is 4.12. The number of methoxy groups -OCH3 is 3. The van der Waals surface area contributed by atoms with Crippen LogP contribution in [0.3, 0.4) is 0 Å². The van der Waals surface area contributed by atoms with E-state index in [4.69, 9.17) is 14.2 Å². The lowest BCUT2D eigenvalue weighted by atomic mass is 10.1. The molecule has 0 saturated carbocycles. The lowest BCUT2D eigenvalue weighted by molar-refractivity contribution is 0.0937. The zero-order valence-electron chi connectivity index (χ0n) is 21.3. The highest BCUT2D eigenvalue weighted by molar-refractivity contribution is 5.94. The van der Waals surface area contributed by atoms with Gasteiger partial charge in [-0.25, -0.2) is 9.18 Å². The molecule has 1 aromatic heterocycles. The van der Waals surface area contributed by atoms with E-state index >= 15 is 0 Å². The molecule has 0 aliphatic heterocycles. The van der Waals surface area contributed by atoms with Gasteiger partial charge in [0.05, 0.1) is 44.8 Å². The zero-order chi connectivity index (χ0) is 27.2. The molecule has 10 heteroatoms. The highest BCUT2D eigenvalue weighted by Crippen LogP contribution is 2.30. The number of ether oxygens (including phenoxy) is 3. The molecule has 0 spiro atoms. The summed E-state index contributed by atoms with van der Waals surface area (Å²) in [5.74, 6) is 0.0700. The third-order valence-electron chi connectivity index (χ3n) is 6.13. The molecule has 0 bridgehead atoms. The summed E-state index contributed by atoms with van der Waals surface area (Å²) < 4.78 is 31.8. The number of hydrogen-bond donors (Lipinski definition) is 1. The summed E-state index contributed by atoms with van der Waals surface area (Å²) in [6, 6.07) is 15.6. The molecule has 0 saturated heterocycles. The van der Waals surface area contributed by atoms with Gasteiger partial charge in [-0.1, -0.05) is 24.3 Å². The predicted octanol–water partition coefficient (Wildman–Crippen LogP) is 2.79. The minimum absolute atomic E-state index is 0.0169. The van der Waals surface area contributed by atoms with Crippen molar-refractivity contribution in [3.05, 3.63) is 104 Å². The molecule has 0 aliphatic carbocycles. The molecular formula is C28H28FN3O6. The van der Waals surface area contributed by atoms with Gasteiger partial charge in [-0.2, -0.15) is 0 Å². The van der Waals surface area contributed by atoms with Gasteiger partial charge in [0.15, 0.2) is 11.5 Å². The van der Waals surface area contributed by atoms with Crippen LogP contribution in [0.2, 0.25) is 0 Å². The van der Waals surface area contributed by atoms with Gasteiger partial charge in [0, 0.05) is 25.3 Å². The standard InChI is InChI=1S/C28H28FN3O6/c1-36-13-12-30-26(33)20-8-4-18(5-9-20)17-32-27(34)22-14-24(37-2)25(38-3)15-23(22)31(28(32)35)16-19-6-10-21(29)11-7-19/h4-11,14-15H,12-13,16-17H2,1-3H3,(H,30,33). The minimum atomic E-state index is -0.541. The van der Waals surface area contributed by atoms with Crippen molar-refractivity contribution in [2.75, 3.05) is 34.5 Å². The van der Waals surface area contributed by atoms with Crippen molar-refractivity contribution < 1.29 is 23.4 Å². The molecule has 3 aromatic carbocycles. The first-order chi connectivity index (χ1) is 18.4. The van der Waals surface area contributed by atoms with Crippen LogP contribution in [0.5, 0.6) is 11.5 Å². The number of hydrogen-bond acceptors (Lipinski definition) is 6. The molecule has 0 unspecified atom stereocenters. The second-order valence-electron chi connectivity index (χ2n) is 8.56. The molecule has 0 atom stereocenters. The second-order valence-corrected chi connectivity index (χ2v) is 8.56. The molecule has 1 heterocycles. The summed E-state index contributed by atoms with van der Waals surface area (Å²) in [6.07, 6.45) is 0. The van der Waals surface area contributed by atoms with Crippen LogP contribution in [-0.2, 0) is 17.8 Å². The minimum Gasteiger partial charge on any atom is -0.493 e. The summed E-state index contributed by atoms with van der Waals surface area (Å²) in [7, 11) is 4.48. The number of carbonyl (C=O) groups is 1. The Kier molecular flexibility index (Phi) is 8.22.